The Bertz CT molecular complexity index is 896. The van der Waals surface area contributed by atoms with Crippen LogP contribution in [0.5, 0.6) is 5.75 Å². The van der Waals surface area contributed by atoms with Crippen molar-refractivity contribution in [3.05, 3.63) is 60.4 Å². The summed E-state index contributed by atoms with van der Waals surface area (Å²) in [6.45, 7) is 4.17. The molecular formula is C18H19NO4S. The summed E-state index contributed by atoms with van der Waals surface area (Å²) in [6, 6.07) is 15.3. The second-order valence-corrected chi connectivity index (χ2v) is 7.15. The van der Waals surface area contributed by atoms with E-state index in [1.165, 1.54) is 12.1 Å². The van der Waals surface area contributed by atoms with Gasteiger partial charge in [0, 0.05) is 5.39 Å². The highest BCUT2D eigenvalue weighted by molar-refractivity contribution is 7.89. The predicted molar refractivity (Wildman–Crippen MR) is 92.6 cm³/mol. The number of furan rings is 1. The van der Waals surface area contributed by atoms with Gasteiger partial charge < -0.3 is 9.15 Å². The summed E-state index contributed by atoms with van der Waals surface area (Å²) < 4.78 is 38.7. The molecule has 6 heteroatoms. The Kier molecular flexibility index (Phi) is 4.59. The van der Waals surface area contributed by atoms with Gasteiger partial charge in [-0.1, -0.05) is 18.2 Å². The molecule has 0 saturated carbocycles. The zero-order chi connectivity index (χ0) is 17.2. The molecule has 0 amide bonds. The van der Waals surface area contributed by atoms with Crippen molar-refractivity contribution in [2.75, 3.05) is 6.61 Å². The minimum atomic E-state index is -3.64. The lowest BCUT2D eigenvalue weighted by Crippen LogP contribution is -2.26. The summed E-state index contributed by atoms with van der Waals surface area (Å²) in [5, 5.41) is 0.944. The van der Waals surface area contributed by atoms with Gasteiger partial charge in [-0.3, -0.25) is 0 Å². The van der Waals surface area contributed by atoms with E-state index >= 15 is 0 Å². The van der Waals surface area contributed by atoms with Crippen LogP contribution in [-0.2, 0) is 10.0 Å². The summed E-state index contributed by atoms with van der Waals surface area (Å²) in [7, 11) is -3.64. The lowest BCUT2D eigenvalue weighted by atomic mass is 10.2. The molecule has 0 fully saturated rings. The van der Waals surface area contributed by atoms with Gasteiger partial charge >= 0.3 is 0 Å². The van der Waals surface area contributed by atoms with E-state index in [-0.39, 0.29) is 4.90 Å². The molecule has 24 heavy (non-hydrogen) atoms. The number of para-hydroxylation sites is 1. The largest absolute Gasteiger partial charge is 0.494 e. The monoisotopic (exact) mass is 345 g/mol. The van der Waals surface area contributed by atoms with Crippen LogP contribution in [0.3, 0.4) is 0 Å². The maximum absolute atomic E-state index is 12.5. The third-order valence-electron chi connectivity index (χ3n) is 3.65. The Labute approximate surface area is 141 Å². The molecule has 0 aliphatic carbocycles. The molecule has 1 N–H and O–H groups in total. The van der Waals surface area contributed by atoms with Gasteiger partial charge in [-0.05, 0) is 50.2 Å². The van der Waals surface area contributed by atoms with Gasteiger partial charge in [-0.25, -0.2) is 13.1 Å². The van der Waals surface area contributed by atoms with Crippen LogP contribution in [0.4, 0.5) is 0 Å². The van der Waals surface area contributed by atoms with Crippen molar-refractivity contribution in [3.8, 4) is 5.75 Å². The molecule has 1 atom stereocenters. The van der Waals surface area contributed by atoms with Crippen LogP contribution in [0.1, 0.15) is 25.6 Å². The van der Waals surface area contributed by atoms with Crippen molar-refractivity contribution in [3.63, 3.8) is 0 Å². The van der Waals surface area contributed by atoms with Crippen LogP contribution in [0.15, 0.2) is 63.9 Å². The summed E-state index contributed by atoms with van der Waals surface area (Å²) in [5.41, 5.74) is 0.736. The number of fused-ring (bicyclic) bond motifs is 1. The summed E-state index contributed by atoms with van der Waals surface area (Å²) >= 11 is 0. The lowest BCUT2D eigenvalue weighted by molar-refractivity contribution is 0.340. The first-order valence-electron chi connectivity index (χ1n) is 7.73. The van der Waals surface area contributed by atoms with Crippen LogP contribution in [-0.4, -0.2) is 15.0 Å². The molecule has 0 spiro atoms. The van der Waals surface area contributed by atoms with E-state index in [0.717, 1.165) is 11.0 Å². The Morgan fingerprint density at radius 3 is 2.50 bits per heavy atom. The summed E-state index contributed by atoms with van der Waals surface area (Å²) in [6.07, 6.45) is 0. The Hall–Kier alpha value is -2.31. The highest BCUT2D eigenvalue weighted by atomic mass is 32.2. The third kappa shape index (κ3) is 3.44. The van der Waals surface area contributed by atoms with Crippen molar-refractivity contribution >= 4 is 21.0 Å². The van der Waals surface area contributed by atoms with E-state index in [0.29, 0.717) is 18.1 Å². The van der Waals surface area contributed by atoms with Crippen molar-refractivity contribution in [1.29, 1.82) is 0 Å². The van der Waals surface area contributed by atoms with Crippen molar-refractivity contribution < 1.29 is 17.6 Å². The SMILES string of the molecule is CCOc1ccc(S(=O)(=O)N[C@@H](C)c2cc3ccccc3o2)cc1. The van der Waals surface area contributed by atoms with Gasteiger partial charge in [0.05, 0.1) is 17.5 Å². The van der Waals surface area contributed by atoms with Gasteiger partial charge in [0.2, 0.25) is 10.0 Å². The molecule has 0 unspecified atom stereocenters. The Morgan fingerprint density at radius 1 is 1.12 bits per heavy atom. The van der Waals surface area contributed by atoms with Gasteiger partial charge in [-0.15, -0.1) is 0 Å². The first-order chi connectivity index (χ1) is 11.5. The Balaban J connectivity index is 1.80. The number of ether oxygens (including phenoxy) is 1. The zero-order valence-corrected chi connectivity index (χ0v) is 14.3. The molecule has 1 heterocycles. The van der Waals surface area contributed by atoms with Crippen LogP contribution in [0, 0.1) is 0 Å². The zero-order valence-electron chi connectivity index (χ0n) is 13.5. The minimum absolute atomic E-state index is 0.189. The lowest BCUT2D eigenvalue weighted by Gasteiger charge is -2.12. The number of nitrogens with one attached hydrogen (secondary N) is 1. The average Bonchev–Trinajstić information content (AvgIpc) is 2.99. The fourth-order valence-electron chi connectivity index (χ4n) is 2.46. The second kappa shape index (κ2) is 6.67. The number of hydrogen-bond acceptors (Lipinski definition) is 4. The van der Waals surface area contributed by atoms with Crippen molar-refractivity contribution in [2.45, 2.75) is 24.8 Å². The van der Waals surface area contributed by atoms with Crippen molar-refractivity contribution in [2.24, 2.45) is 0 Å². The van der Waals surface area contributed by atoms with Gasteiger partial charge in [-0.2, -0.15) is 0 Å². The maximum atomic E-state index is 12.5. The Morgan fingerprint density at radius 2 is 1.83 bits per heavy atom. The highest BCUT2D eigenvalue weighted by Gasteiger charge is 2.20. The van der Waals surface area contributed by atoms with E-state index in [2.05, 4.69) is 4.72 Å². The normalized spacial score (nSPS) is 13.1. The molecule has 126 valence electrons. The molecule has 0 radical (unpaired) electrons. The van der Waals surface area contributed by atoms with E-state index in [1.54, 1.807) is 19.1 Å². The molecule has 3 aromatic rings. The highest BCUT2D eigenvalue weighted by Crippen LogP contribution is 2.25. The van der Waals surface area contributed by atoms with Crippen LogP contribution >= 0.6 is 0 Å². The minimum Gasteiger partial charge on any atom is -0.494 e. The molecule has 2 aromatic carbocycles. The maximum Gasteiger partial charge on any atom is 0.241 e. The molecule has 1 aromatic heterocycles. The quantitative estimate of drug-likeness (QED) is 0.736. The van der Waals surface area contributed by atoms with E-state index in [9.17, 15) is 8.42 Å². The van der Waals surface area contributed by atoms with Crippen LogP contribution in [0.2, 0.25) is 0 Å². The van der Waals surface area contributed by atoms with Crippen LogP contribution in [0.25, 0.3) is 11.0 Å². The molecular weight excluding hydrogens is 326 g/mol. The van der Waals surface area contributed by atoms with Gasteiger partial charge in [0.15, 0.2) is 0 Å². The number of rotatable bonds is 6. The molecule has 0 bridgehead atoms. The van der Waals surface area contributed by atoms with Gasteiger partial charge in [0.25, 0.3) is 0 Å². The second-order valence-electron chi connectivity index (χ2n) is 5.43. The van der Waals surface area contributed by atoms with E-state index < -0.39 is 16.1 Å². The molecule has 5 nitrogen and oxygen atoms in total. The fraction of sp³-hybridized carbons (Fsp3) is 0.222. The van der Waals surface area contributed by atoms with Crippen LogP contribution < -0.4 is 9.46 Å². The molecule has 0 aliphatic rings. The predicted octanol–water partition coefficient (Wildman–Crippen LogP) is 3.87. The molecule has 3 rings (SSSR count). The third-order valence-corrected chi connectivity index (χ3v) is 5.20. The van der Waals surface area contributed by atoms with Gasteiger partial charge in [0.1, 0.15) is 17.1 Å². The number of sulfonamides is 1. The molecule has 0 saturated heterocycles. The first kappa shape index (κ1) is 16.5. The molecule has 0 aliphatic heterocycles. The summed E-state index contributed by atoms with van der Waals surface area (Å²) in [4.78, 5) is 0.189. The topological polar surface area (TPSA) is 68.5 Å². The standard InChI is InChI=1S/C18H19NO4S/c1-3-22-15-8-10-16(11-9-15)24(20,21)19-13(2)18-12-14-6-4-5-7-17(14)23-18/h4-13,19H,3H2,1-2H3/t13-/m0/s1. The smallest absolute Gasteiger partial charge is 0.241 e. The van der Waals surface area contributed by atoms with E-state index in [1.807, 2.05) is 37.3 Å². The number of hydrogen-bond donors (Lipinski definition) is 1. The van der Waals surface area contributed by atoms with E-state index in [4.69, 9.17) is 9.15 Å². The average molecular weight is 345 g/mol. The van der Waals surface area contributed by atoms with Crippen molar-refractivity contribution in [1.82, 2.24) is 4.72 Å². The fourth-order valence-corrected chi connectivity index (χ4v) is 3.67. The first-order valence-corrected chi connectivity index (χ1v) is 9.21. The summed E-state index contributed by atoms with van der Waals surface area (Å²) in [5.74, 6) is 1.22. The number of benzene rings is 2.